The average molecular weight is 259 g/mol. The largest absolute Gasteiger partial charge is 0.388 e. The van der Waals surface area contributed by atoms with Crippen LogP contribution in [0, 0.1) is 6.92 Å². The first kappa shape index (κ1) is 12.6. The molecule has 0 bridgehead atoms. The molecule has 1 fully saturated rings. The number of aliphatic hydroxyl groups is 1. The Labute approximate surface area is 113 Å². The summed E-state index contributed by atoms with van der Waals surface area (Å²) in [4.78, 5) is 4.72. The molecule has 1 heterocycles. The first-order valence-corrected chi connectivity index (χ1v) is 6.90. The fraction of sp³-hybridized carbons (Fsp3) is 0.533. The highest BCUT2D eigenvalue weighted by Crippen LogP contribution is 2.39. The van der Waals surface area contributed by atoms with Crippen LogP contribution < -0.4 is 5.73 Å². The third-order valence-electron chi connectivity index (χ3n) is 3.81. The van der Waals surface area contributed by atoms with Gasteiger partial charge in [-0.3, -0.25) is 0 Å². The van der Waals surface area contributed by atoms with Gasteiger partial charge in [0.15, 0.2) is 0 Å². The summed E-state index contributed by atoms with van der Waals surface area (Å²) in [5, 5.41) is 10.2. The van der Waals surface area contributed by atoms with E-state index < -0.39 is 5.60 Å². The van der Waals surface area contributed by atoms with Gasteiger partial charge in [-0.15, -0.1) is 0 Å². The monoisotopic (exact) mass is 259 g/mol. The molecular formula is C15H21N3O. The van der Waals surface area contributed by atoms with Crippen LogP contribution in [-0.2, 0) is 6.42 Å². The Morgan fingerprint density at radius 1 is 1.47 bits per heavy atom. The van der Waals surface area contributed by atoms with Gasteiger partial charge in [0.1, 0.15) is 5.82 Å². The first-order valence-electron chi connectivity index (χ1n) is 6.90. The van der Waals surface area contributed by atoms with Crippen molar-refractivity contribution in [1.82, 2.24) is 9.55 Å². The van der Waals surface area contributed by atoms with Gasteiger partial charge in [-0.1, -0.05) is 6.07 Å². The molecule has 0 spiro atoms. The molecule has 3 rings (SSSR count). The Bertz CT molecular complexity index is 611. The Kier molecular flexibility index (Phi) is 2.87. The van der Waals surface area contributed by atoms with E-state index in [9.17, 15) is 5.11 Å². The van der Waals surface area contributed by atoms with Crippen molar-refractivity contribution in [3.8, 4) is 0 Å². The molecule has 0 radical (unpaired) electrons. The minimum atomic E-state index is -0.886. The maximum absolute atomic E-state index is 10.2. The molecular weight excluding hydrogens is 238 g/mol. The molecule has 2 aromatic rings. The summed E-state index contributed by atoms with van der Waals surface area (Å²) in [5.41, 5.74) is 8.15. The third kappa shape index (κ3) is 2.38. The second kappa shape index (κ2) is 4.32. The highest BCUT2D eigenvalue weighted by Gasteiger charge is 2.30. The fourth-order valence-electron chi connectivity index (χ4n) is 2.54. The van der Waals surface area contributed by atoms with Crippen LogP contribution in [0.1, 0.15) is 37.2 Å². The predicted molar refractivity (Wildman–Crippen MR) is 76.1 cm³/mol. The Balaban J connectivity index is 2.09. The van der Waals surface area contributed by atoms with Crippen molar-refractivity contribution < 1.29 is 5.11 Å². The lowest BCUT2D eigenvalue weighted by atomic mass is 10.0. The molecule has 0 amide bonds. The van der Waals surface area contributed by atoms with E-state index in [2.05, 4.69) is 29.7 Å². The Morgan fingerprint density at radius 3 is 2.84 bits per heavy atom. The van der Waals surface area contributed by atoms with Gasteiger partial charge in [-0.25, -0.2) is 4.98 Å². The highest BCUT2D eigenvalue weighted by atomic mass is 16.3. The van der Waals surface area contributed by atoms with Crippen molar-refractivity contribution in [2.24, 2.45) is 5.73 Å². The molecule has 1 atom stereocenters. The fourth-order valence-corrected chi connectivity index (χ4v) is 2.54. The molecule has 102 valence electrons. The second-order valence-corrected chi connectivity index (χ2v) is 6.00. The van der Waals surface area contributed by atoms with Gasteiger partial charge in [0, 0.05) is 19.0 Å². The van der Waals surface area contributed by atoms with E-state index in [1.165, 1.54) is 23.9 Å². The van der Waals surface area contributed by atoms with Crippen molar-refractivity contribution in [3.63, 3.8) is 0 Å². The van der Waals surface area contributed by atoms with Gasteiger partial charge >= 0.3 is 0 Å². The lowest BCUT2D eigenvalue weighted by molar-refractivity contribution is 0.0667. The number of imidazole rings is 1. The molecule has 19 heavy (non-hydrogen) atoms. The molecule has 0 aliphatic heterocycles. The van der Waals surface area contributed by atoms with Gasteiger partial charge in [-0.2, -0.15) is 0 Å². The number of hydrogen-bond donors (Lipinski definition) is 2. The minimum absolute atomic E-state index is 0.250. The quantitative estimate of drug-likeness (QED) is 0.882. The maximum atomic E-state index is 10.2. The molecule has 1 saturated carbocycles. The van der Waals surface area contributed by atoms with Gasteiger partial charge in [0.2, 0.25) is 0 Å². The van der Waals surface area contributed by atoms with Gasteiger partial charge in [0.05, 0.1) is 16.6 Å². The second-order valence-electron chi connectivity index (χ2n) is 6.00. The predicted octanol–water partition coefficient (Wildman–Crippen LogP) is 1.93. The number of nitrogens with two attached hydrogens (primary N) is 1. The molecule has 1 aromatic heterocycles. The van der Waals surface area contributed by atoms with Crippen LogP contribution >= 0.6 is 0 Å². The van der Waals surface area contributed by atoms with Gasteiger partial charge < -0.3 is 15.4 Å². The Morgan fingerprint density at radius 2 is 2.21 bits per heavy atom. The van der Waals surface area contributed by atoms with Gasteiger partial charge in [-0.05, 0) is 44.4 Å². The van der Waals surface area contributed by atoms with Crippen molar-refractivity contribution in [2.75, 3.05) is 6.54 Å². The van der Waals surface area contributed by atoms with E-state index in [4.69, 9.17) is 10.7 Å². The number of nitrogens with zero attached hydrogens (tertiary/aromatic N) is 2. The summed E-state index contributed by atoms with van der Waals surface area (Å²) in [7, 11) is 0. The van der Waals surface area contributed by atoms with Crippen molar-refractivity contribution in [2.45, 2.75) is 44.8 Å². The van der Waals surface area contributed by atoms with Crippen molar-refractivity contribution in [1.29, 1.82) is 0 Å². The Hall–Kier alpha value is -1.39. The highest BCUT2D eigenvalue weighted by molar-refractivity contribution is 5.77. The van der Waals surface area contributed by atoms with Crippen molar-refractivity contribution >= 4 is 11.0 Å². The molecule has 1 aliphatic carbocycles. The minimum Gasteiger partial charge on any atom is -0.388 e. The van der Waals surface area contributed by atoms with Crippen molar-refractivity contribution in [3.05, 3.63) is 29.6 Å². The molecule has 4 heteroatoms. The number of rotatable bonds is 4. The number of benzene rings is 1. The van der Waals surface area contributed by atoms with Crippen LogP contribution in [0.4, 0.5) is 0 Å². The van der Waals surface area contributed by atoms with E-state index in [0.29, 0.717) is 12.5 Å². The molecule has 1 unspecified atom stereocenters. The smallest absolute Gasteiger partial charge is 0.113 e. The average Bonchev–Trinajstić information content (AvgIpc) is 3.11. The zero-order valence-corrected chi connectivity index (χ0v) is 11.6. The van der Waals surface area contributed by atoms with E-state index in [1.54, 1.807) is 6.92 Å². The van der Waals surface area contributed by atoms with Crippen LogP contribution in [0.3, 0.4) is 0 Å². The van der Waals surface area contributed by atoms with E-state index in [1.807, 2.05) is 0 Å². The topological polar surface area (TPSA) is 64.1 Å². The van der Waals surface area contributed by atoms with Gasteiger partial charge in [0.25, 0.3) is 0 Å². The molecule has 0 saturated heterocycles. The summed E-state index contributed by atoms with van der Waals surface area (Å²) < 4.78 is 2.29. The van der Waals surface area contributed by atoms with Crippen LogP contribution in [0.25, 0.3) is 11.0 Å². The lowest BCUT2D eigenvalue weighted by Gasteiger charge is -2.21. The summed E-state index contributed by atoms with van der Waals surface area (Å²) >= 11 is 0. The first-order chi connectivity index (χ1) is 9.00. The van der Waals surface area contributed by atoms with Crippen LogP contribution in [0.2, 0.25) is 0 Å². The molecule has 4 nitrogen and oxygen atoms in total. The number of fused-ring (bicyclic) bond motifs is 1. The van der Waals surface area contributed by atoms with E-state index in [0.717, 1.165) is 11.3 Å². The number of hydrogen-bond acceptors (Lipinski definition) is 3. The number of aryl methyl sites for hydroxylation is 1. The standard InChI is InChI=1S/C15H21N3O/c1-10-3-6-13-12(7-10)17-14(8-15(2,19)9-16)18(13)11-4-5-11/h3,6-7,11,19H,4-5,8-9,16H2,1-2H3. The maximum Gasteiger partial charge on any atom is 0.113 e. The molecule has 1 aliphatic rings. The van der Waals surface area contributed by atoms with E-state index >= 15 is 0 Å². The summed E-state index contributed by atoms with van der Waals surface area (Å²) in [6, 6.07) is 6.91. The third-order valence-corrected chi connectivity index (χ3v) is 3.81. The summed E-state index contributed by atoms with van der Waals surface area (Å²) in [6.07, 6.45) is 2.92. The summed E-state index contributed by atoms with van der Waals surface area (Å²) in [5.74, 6) is 0.957. The normalized spacial score (nSPS) is 18.7. The van der Waals surface area contributed by atoms with E-state index in [-0.39, 0.29) is 6.54 Å². The van der Waals surface area contributed by atoms with Crippen LogP contribution in [0.15, 0.2) is 18.2 Å². The SMILES string of the molecule is Cc1ccc2c(c1)nc(CC(C)(O)CN)n2C1CC1. The van der Waals surface area contributed by atoms with Crippen LogP contribution in [0.5, 0.6) is 0 Å². The zero-order chi connectivity index (χ0) is 13.6. The molecule has 3 N–H and O–H groups in total. The summed E-state index contributed by atoms with van der Waals surface area (Å²) in [6.45, 7) is 4.10. The zero-order valence-electron chi connectivity index (χ0n) is 11.6. The molecule has 1 aromatic carbocycles. The van der Waals surface area contributed by atoms with Crippen LogP contribution in [-0.4, -0.2) is 26.8 Å². The lowest BCUT2D eigenvalue weighted by Crippen LogP contribution is -2.37. The number of aromatic nitrogens is 2.